The van der Waals surface area contributed by atoms with E-state index in [9.17, 15) is 19.2 Å². The number of urea groups is 1. The van der Waals surface area contributed by atoms with Crippen molar-refractivity contribution in [2.24, 2.45) is 0 Å². The molecule has 174 valence electrons. The number of nitrogens with zero attached hydrogens (tertiary/aromatic N) is 3. The normalized spacial score (nSPS) is 17.8. The van der Waals surface area contributed by atoms with Gasteiger partial charge in [-0.05, 0) is 37.5 Å². The minimum Gasteiger partial charge on any atom is -0.332 e. The Bertz CT molecular complexity index is 917. The lowest BCUT2D eigenvalue weighted by atomic mass is 9.81. The van der Waals surface area contributed by atoms with Gasteiger partial charge in [-0.25, -0.2) is 4.79 Å². The monoisotopic (exact) mass is 482 g/mol. The highest BCUT2D eigenvalue weighted by molar-refractivity contribution is 6.35. The summed E-state index contributed by atoms with van der Waals surface area (Å²) in [6, 6.07) is 4.23. The predicted octanol–water partition coefficient (Wildman–Crippen LogP) is 3.77. The Morgan fingerprint density at radius 1 is 1.16 bits per heavy atom. The van der Waals surface area contributed by atoms with E-state index in [-0.39, 0.29) is 19.0 Å². The number of amides is 5. The molecule has 1 N–H and O–H groups in total. The van der Waals surface area contributed by atoms with E-state index in [0.29, 0.717) is 41.5 Å². The third kappa shape index (κ3) is 4.86. The van der Waals surface area contributed by atoms with Crippen LogP contribution in [0.1, 0.15) is 45.4 Å². The number of anilines is 1. The van der Waals surface area contributed by atoms with Gasteiger partial charge in [0.25, 0.3) is 5.91 Å². The van der Waals surface area contributed by atoms with E-state index in [1.165, 1.54) is 15.9 Å². The summed E-state index contributed by atoms with van der Waals surface area (Å²) in [4.78, 5) is 55.4. The molecule has 2 fully saturated rings. The predicted molar refractivity (Wildman–Crippen MR) is 123 cm³/mol. The van der Waals surface area contributed by atoms with Crippen molar-refractivity contribution in [1.82, 2.24) is 14.7 Å². The lowest BCUT2D eigenvalue weighted by molar-refractivity contribution is -0.141. The van der Waals surface area contributed by atoms with Gasteiger partial charge in [-0.1, -0.05) is 49.4 Å². The van der Waals surface area contributed by atoms with Gasteiger partial charge in [-0.15, -0.1) is 0 Å². The number of likely N-dealkylation sites (N-methyl/N-ethyl adjacent to an activating group) is 1. The maximum atomic E-state index is 13.1. The van der Waals surface area contributed by atoms with Crippen molar-refractivity contribution >= 4 is 52.6 Å². The fraction of sp³-hybridized carbons (Fsp3) is 0.545. The summed E-state index contributed by atoms with van der Waals surface area (Å²) in [6.45, 7) is 1.58. The molecular formula is C22H28Cl2N4O4. The molecule has 10 heteroatoms. The van der Waals surface area contributed by atoms with E-state index in [0.717, 1.165) is 24.2 Å². The zero-order chi connectivity index (χ0) is 23.5. The molecule has 1 heterocycles. The largest absolute Gasteiger partial charge is 0.332 e. The lowest BCUT2D eigenvalue weighted by Crippen LogP contribution is -2.50. The standard InChI is InChI=1S/C22H28Cl2N4O4/c1-3-11-27(13-18(29)25-17-12-15(23)7-8-16(17)24)19(30)14-28-20(31)22(26(2)21(28)32)9-5-4-6-10-22/h7-8,12H,3-6,9-11,13-14H2,1-2H3,(H,25,29). The van der Waals surface area contributed by atoms with Crippen LogP contribution in [0, 0.1) is 0 Å². The van der Waals surface area contributed by atoms with Crippen LogP contribution >= 0.6 is 23.2 Å². The number of benzene rings is 1. The summed E-state index contributed by atoms with van der Waals surface area (Å²) in [5, 5.41) is 3.39. The average molecular weight is 483 g/mol. The molecule has 1 aliphatic heterocycles. The summed E-state index contributed by atoms with van der Waals surface area (Å²) >= 11 is 12.0. The van der Waals surface area contributed by atoms with Crippen molar-refractivity contribution in [3.8, 4) is 0 Å². The molecule has 0 aromatic heterocycles. The first-order chi connectivity index (χ1) is 15.2. The van der Waals surface area contributed by atoms with Gasteiger partial charge in [0.15, 0.2) is 0 Å². The molecule has 2 aliphatic rings. The summed E-state index contributed by atoms with van der Waals surface area (Å²) in [6.07, 6.45) is 4.62. The number of rotatable bonds is 7. The molecule has 32 heavy (non-hydrogen) atoms. The van der Waals surface area contributed by atoms with Gasteiger partial charge in [0.1, 0.15) is 12.1 Å². The molecule has 1 aliphatic carbocycles. The summed E-state index contributed by atoms with van der Waals surface area (Å²) in [7, 11) is 1.63. The first kappa shape index (κ1) is 24.3. The smallest absolute Gasteiger partial charge is 0.327 e. The van der Waals surface area contributed by atoms with Crippen LogP contribution in [0.3, 0.4) is 0 Å². The van der Waals surface area contributed by atoms with Crippen LogP contribution in [0.4, 0.5) is 10.5 Å². The summed E-state index contributed by atoms with van der Waals surface area (Å²) < 4.78 is 0. The van der Waals surface area contributed by atoms with Gasteiger partial charge in [0, 0.05) is 18.6 Å². The van der Waals surface area contributed by atoms with Crippen LogP contribution in [0.25, 0.3) is 0 Å². The SMILES string of the molecule is CCCN(CC(=O)Nc1cc(Cl)ccc1Cl)C(=O)CN1C(=O)N(C)C2(CCCCC2)C1=O. The second kappa shape index (κ2) is 10.1. The molecule has 1 aromatic rings. The number of hydrogen-bond donors (Lipinski definition) is 1. The Balaban J connectivity index is 1.68. The molecule has 0 atom stereocenters. The van der Waals surface area contributed by atoms with Crippen LogP contribution in [0.2, 0.25) is 10.0 Å². The van der Waals surface area contributed by atoms with Crippen LogP contribution < -0.4 is 5.32 Å². The van der Waals surface area contributed by atoms with Gasteiger partial charge >= 0.3 is 6.03 Å². The molecular weight excluding hydrogens is 455 g/mol. The number of hydrogen-bond acceptors (Lipinski definition) is 4. The Labute approximate surface area is 197 Å². The molecule has 1 saturated carbocycles. The summed E-state index contributed by atoms with van der Waals surface area (Å²) in [5.41, 5.74) is -0.495. The highest BCUT2D eigenvalue weighted by Crippen LogP contribution is 2.39. The Hall–Kier alpha value is -2.32. The first-order valence-corrected chi connectivity index (χ1v) is 11.6. The zero-order valence-electron chi connectivity index (χ0n) is 18.3. The maximum Gasteiger partial charge on any atom is 0.327 e. The lowest BCUT2D eigenvalue weighted by Gasteiger charge is -2.35. The molecule has 0 radical (unpaired) electrons. The number of halogens is 2. The molecule has 8 nitrogen and oxygen atoms in total. The first-order valence-electron chi connectivity index (χ1n) is 10.8. The van der Waals surface area contributed by atoms with E-state index in [2.05, 4.69) is 5.32 Å². The molecule has 1 spiro atoms. The van der Waals surface area contributed by atoms with Gasteiger partial charge in [-0.2, -0.15) is 0 Å². The molecule has 1 saturated heterocycles. The van der Waals surface area contributed by atoms with Crippen molar-refractivity contribution in [2.45, 2.75) is 51.0 Å². The Morgan fingerprint density at radius 3 is 2.50 bits per heavy atom. The molecule has 0 unspecified atom stereocenters. The van der Waals surface area contributed by atoms with Crippen LogP contribution in [0.5, 0.6) is 0 Å². The minimum absolute atomic E-state index is 0.229. The minimum atomic E-state index is -0.841. The van der Waals surface area contributed by atoms with E-state index in [1.54, 1.807) is 19.2 Å². The van der Waals surface area contributed by atoms with E-state index >= 15 is 0 Å². The van der Waals surface area contributed by atoms with Crippen molar-refractivity contribution in [3.05, 3.63) is 28.2 Å². The van der Waals surface area contributed by atoms with Crippen LogP contribution in [-0.4, -0.2) is 70.7 Å². The number of carbonyl (C=O) groups is 4. The van der Waals surface area contributed by atoms with Gasteiger partial charge in [-0.3, -0.25) is 19.3 Å². The second-order valence-corrected chi connectivity index (χ2v) is 9.16. The third-order valence-corrected chi connectivity index (χ3v) is 6.73. The van der Waals surface area contributed by atoms with Crippen molar-refractivity contribution < 1.29 is 19.2 Å². The van der Waals surface area contributed by atoms with Gasteiger partial charge in [0.05, 0.1) is 17.3 Å². The number of nitrogens with one attached hydrogen (secondary N) is 1. The van der Waals surface area contributed by atoms with Crippen molar-refractivity contribution in [2.75, 3.05) is 32.0 Å². The second-order valence-electron chi connectivity index (χ2n) is 8.31. The van der Waals surface area contributed by atoms with Crippen LogP contribution in [0.15, 0.2) is 18.2 Å². The molecule has 1 aromatic carbocycles. The quantitative estimate of drug-likeness (QED) is 0.598. The third-order valence-electron chi connectivity index (χ3n) is 6.16. The van der Waals surface area contributed by atoms with E-state index in [1.807, 2.05) is 6.92 Å². The van der Waals surface area contributed by atoms with Gasteiger partial charge < -0.3 is 15.1 Å². The topological polar surface area (TPSA) is 90.0 Å². The van der Waals surface area contributed by atoms with Gasteiger partial charge in [0.2, 0.25) is 11.8 Å². The van der Waals surface area contributed by atoms with Crippen LogP contribution in [-0.2, 0) is 14.4 Å². The summed E-state index contributed by atoms with van der Waals surface area (Å²) in [5.74, 6) is -1.22. The Morgan fingerprint density at radius 2 is 1.84 bits per heavy atom. The molecule has 5 amide bonds. The highest BCUT2D eigenvalue weighted by atomic mass is 35.5. The van der Waals surface area contributed by atoms with E-state index in [4.69, 9.17) is 23.2 Å². The fourth-order valence-corrected chi connectivity index (χ4v) is 4.76. The highest BCUT2D eigenvalue weighted by Gasteiger charge is 2.56. The van der Waals surface area contributed by atoms with Crippen molar-refractivity contribution in [3.63, 3.8) is 0 Å². The average Bonchev–Trinajstić information content (AvgIpc) is 2.93. The molecule has 3 rings (SSSR count). The zero-order valence-corrected chi connectivity index (χ0v) is 19.8. The maximum absolute atomic E-state index is 13.1. The van der Waals surface area contributed by atoms with E-state index < -0.39 is 23.4 Å². The number of imide groups is 1. The fourth-order valence-electron chi connectivity index (χ4n) is 4.42. The van der Waals surface area contributed by atoms with Crippen molar-refractivity contribution in [1.29, 1.82) is 0 Å². The number of carbonyl (C=O) groups excluding carboxylic acids is 4. The molecule has 0 bridgehead atoms. The Kier molecular flexibility index (Phi) is 7.67.